The van der Waals surface area contributed by atoms with Crippen LogP contribution in [0.15, 0.2) is 6.20 Å². The van der Waals surface area contributed by atoms with Gasteiger partial charge >= 0.3 is 0 Å². The van der Waals surface area contributed by atoms with Gasteiger partial charge in [-0.25, -0.2) is 9.50 Å². The molecule has 0 atom stereocenters. The Kier molecular flexibility index (Phi) is 3.02. The zero-order valence-corrected chi connectivity index (χ0v) is 11.8. The summed E-state index contributed by atoms with van der Waals surface area (Å²) in [5, 5.41) is 5.12. The number of carbonyl (C=O) groups is 1. The Labute approximate surface area is 109 Å². The molecule has 0 saturated heterocycles. The van der Waals surface area contributed by atoms with Gasteiger partial charge in [-0.1, -0.05) is 32.1 Å². The zero-order valence-electron chi connectivity index (χ0n) is 11.0. The van der Waals surface area contributed by atoms with Gasteiger partial charge in [0.25, 0.3) is 0 Å². The third kappa shape index (κ3) is 2.45. The molecule has 0 aliphatic heterocycles. The highest BCUT2D eigenvalue weighted by atomic mass is 32.1. The SMILES string of the molecule is CN(CC(N)=O)c1nn2cc(C(C)(C)C)nc2s1. The third-order valence-electron chi connectivity index (χ3n) is 2.52. The standard InChI is InChI=1S/C11H17N5OS/c1-11(2,3)7-5-16-9(13-7)18-10(14-16)15(4)6-8(12)17/h5H,6H2,1-4H3,(H2,12,17). The van der Waals surface area contributed by atoms with E-state index in [0.29, 0.717) is 0 Å². The molecular formula is C11H17N5OS. The first kappa shape index (κ1) is 12.8. The van der Waals surface area contributed by atoms with Crippen LogP contribution in [-0.2, 0) is 10.2 Å². The molecule has 0 aliphatic rings. The quantitative estimate of drug-likeness (QED) is 0.900. The molecule has 2 aromatic rings. The molecule has 1 amide bonds. The number of nitrogens with zero attached hydrogens (tertiary/aromatic N) is 4. The summed E-state index contributed by atoms with van der Waals surface area (Å²) in [6, 6.07) is 0. The number of imidazole rings is 1. The van der Waals surface area contributed by atoms with Crippen LogP contribution < -0.4 is 10.6 Å². The van der Waals surface area contributed by atoms with Crippen molar-refractivity contribution >= 4 is 27.3 Å². The Morgan fingerprint density at radius 3 is 2.72 bits per heavy atom. The number of carbonyl (C=O) groups excluding carboxylic acids is 1. The Hall–Kier alpha value is -1.63. The molecule has 18 heavy (non-hydrogen) atoms. The number of aromatic nitrogens is 3. The summed E-state index contributed by atoms with van der Waals surface area (Å²) < 4.78 is 1.75. The monoisotopic (exact) mass is 267 g/mol. The summed E-state index contributed by atoms with van der Waals surface area (Å²) in [6.07, 6.45) is 1.92. The zero-order chi connectivity index (χ0) is 13.5. The van der Waals surface area contributed by atoms with E-state index in [4.69, 9.17) is 5.73 Å². The maximum absolute atomic E-state index is 10.9. The van der Waals surface area contributed by atoms with Crippen LogP contribution in [0.1, 0.15) is 26.5 Å². The lowest BCUT2D eigenvalue weighted by atomic mass is 9.93. The minimum Gasteiger partial charge on any atom is -0.368 e. The number of amides is 1. The van der Waals surface area contributed by atoms with Crippen molar-refractivity contribution in [1.82, 2.24) is 14.6 Å². The van der Waals surface area contributed by atoms with Gasteiger partial charge < -0.3 is 10.6 Å². The minimum atomic E-state index is -0.374. The summed E-state index contributed by atoms with van der Waals surface area (Å²) in [6.45, 7) is 6.49. The number of primary amides is 1. The second-order valence-corrected chi connectivity index (χ2v) is 6.24. The average Bonchev–Trinajstić information content (AvgIpc) is 2.70. The van der Waals surface area contributed by atoms with Gasteiger partial charge in [0, 0.05) is 12.5 Å². The van der Waals surface area contributed by atoms with Crippen LogP contribution in [-0.4, -0.2) is 34.1 Å². The third-order valence-corrected chi connectivity index (χ3v) is 3.56. The number of rotatable bonds is 3. The highest BCUT2D eigenvalue weighted by Crippen LogP contribution is 2.26. The van der Waals surface area contributed by atoms with Crippen LogP contribution in [0.4, 0.5) is 5.13 Å². The van der Waals surface area contributed by atoms with Crippen LogP contribution >= 0.6 is 11.3 Å². The van der Waals surface area contributed by atoms with Gasteiger partial charge in [-0.05, 0) is 0 Å². The second-order valence-electron chi connectivity index (χ2n) is 5.31. The van der Waals surface area contributed by atoms with Crippen molar-refractivity contribution in [2.45, 2.75) is 26.2 Å². The summed E-state index contributed by atoms with van der Waals surface area (Å²) in [7, 11) is 1.79. The maximum atomic E-state index is 10.9. The van der Waals surface area contributed by atoms with Gasteiger partial charge in [0.1, 0.15) is 0 Å². The lowest BCUT2D eigenvalue weighted by molar-refractivity contribution is -0.116. The van der Waals surface area contributed by atoms with Crippen molar-refractivity contribution < 1.29 is 4.79 Å². The molecule has 7 heteroatoms. The summed E-state index contributed by atoms with van der Waals surface area (Å²) >= 11 is 1.44. The summed E-state index contributed by atoms with van der Waals surface area (Å²) in [5.41, 5.74) is 6.17. The van der Waals surface area contributed by atoms with E-state index in [2.05, 4.69) is 30.9 Å². The molecule has 0 aliphatic carbocycles. The molecule has 0 spiro atoms. The first-order chi connectivity index (χ1) is 8.27. The number of fused-ring (bicyclic) bond motifs is 1. The van der Waals surface area contributed by atoms with Gasteiger partial charge in [-0.2, -0.15) is 0 Å². The average molecular weight is 267 g/mol. The first-order valence-corrected chi connectivity index (χ1v) is 6.45. The number of anilines is 1. The van der Waals surface area contributed by atoms with Gasteiger partial charge in [-0.15, -0.1) is 5.10 Å². The molecule has 0 saturated carbocycles. The Morgan fingerprint density at radius 1 is 1.56 bits per heavy atom. The fraction of sp³-hybridized carbons (Fsp3) is 0.545. The number of nitrogens with two attached hydrogens (primary N) is 1. The Morgan fingerprint density at radius 2 is 2.22 bits per heavy atom. The van der Waals surface area contributed by atoms with E-state index in [0.717, 1.165) is 15.8 Å². The molecular weight excluding hydrogens is 250 g/mol. The highest BCUT2D eigenvalue weighted by Gasteiger charge is 2.20. The van der Waals surface area contributed by atoms with Crippen LogP contribution in [0.5, 0.6) is 0 Å². The van der Waals surface area contributed by atoms with Crippen LogP contribution in [0.3, 0.4) is 0 Å². The normalized spacial score (nSPS) is 12.0. The number of hydrogen-bond donors (Lipinski definition) is 1. The van der Waals surface area contributed by atoms with Crippen molar-refractivity contribution in [2.75, 3.05) is 18.5 Å². The molecule has 2 heterocycles. The van der Waals surface area contributed by atoms with Gasteiger partial charge in [0.05, 0.1) is 18.4 Å². The van der Waals surface area contributed by atoms with Gasteiger partial charge in [0.2, 0.25) is 16.0 Å². The fourth-order valence-corrected chi connectivity index (χ4v) is 2.35. The molecule has 6 nitrogen and oxygen atoms in total. The molecule has 0 unspecified atom stereocenters. The van der Waals surface area contributed by atoms with Crippen molar-refractivity contribution in [3.63, 3.8) is 0 Å². The van der Waals surface area contributed by atoms with E-state index >= 15 is 0 Å². The van der Waals surface area contributed by atoms with Crippen molar-refractivity contribution in [2.24, 2.45) is 5.73 Å². The lowest BCUT2D eigenvalue weighted by Crippen LogP contribution is -2.30. The van der Waals surface area contributed by atoms with E-state index < -0.39 is 0 Å². The molecule has 2 N–H and O–H groups in total. The fourth-order valence-electron chi connectivity index (χ4n) is 1.51. The molecule has 0 aromatic carbocycles. The first-order valence-electron chi connectivity index (χ1n) is 5.63. The topological polar surface area (TPSA) is 76.5 Å². The van der Waals surface area contributed by atoms with E-state index in [1.807, 2.05) is 6.20 Å². The Balaban J connectivity index is 2.30. The van der Waals surface area contributed by atoms with E-state index in [1.165, 1.54) is 11.3 Å². The maximum Gasteiger partial charge on any atom is 0.237 e. The van der Waals surface area contributed by atoms with E-state index in [1.54, 1.807) is 16.5 Å². The molecule has 0 radical (unpaired) electrons. The van der Waals surface area contributed by atoms with Crippen LogP contribution in [0.25, 0.3) is 4.96 Å². The number of hydrogen-bond acceptors (Lipinski definition) is 5. The van der Waals surface area contributed by atoms with Crippen LogP contribution in [0.2, 0.25) is 0 Å². The molecule has 98 valence electrons. The lowest BCUT2D eigenvalue weighted by Gasteiger charge is -2.14. The van der Waals surface area contributed by atoms with E-state index in [9.17, 15) is 4.79 Å². The van der Waals surface area contributed by atoms with Crippen molar-refractivity contribution in [3.05, 3.63) is 11.9 Å². The predicted octanol–water partition coefficient (Wildman–Crippen LogP) is 1.01. The van der Waals surface area contributed by atoms with Gasteiger partial charge in [0.15, 0.2) is 0 Å². The molecule has 2 rings (SSSR count). The Bertz CT molecular complexity index is 548. The number of likely N-dealkylation sites (N-methyl/N-ethyl adjacent to an activating group) is 1. The summed E-state index contributed by atoms with van der Waals surface area (Å²) in [5.74, 6) is -0.374. The molecule has 2 aromatic heterocycles. The highest BCUT2D eigenvalue weighted by molar-refractivity contribution is 7.20. The van der Waals surface area contributed by atoms with Crippen LogP contribution in [0, 0.1) is 0 Å². The predicted molar refractivity (Wildman–Crippen MR) is 72.0 cm³/mol. The van der Waals surface area contributed by atoms with Crippen molar-refractivity contribution in [3.8, 4) is 0 Å². The molecule has 0 bridgehead atoms. The smallest absolute Gasteiger partial charge is 0.237 e. The van der Waals surface area contributed by atoms with Crippen molar-refractivity contribution in [1.29, 1.82) is 0 Å². The minimum absolute atomic E-state index is 0.00666. The van der Waals surface area contributed by atoms with Gasteiger partial charge in [-0.3, -0.25) is 4.79 Å². The molecule has 0 fully saturated rings. The summed E-state index contributed by atoms with van der Waals surface area (Å²) in [4.78, 5) is 17.9. The largest absolute Gasteiger partial charge is 0.368 e. The van der Waals surface area contributed by atoms with E-state index in [-0.39, 0.29) is 17.9 Å². The second kappa shape index (κ2) is 4.24.